The number of methoxy groups -OCH3 is 1. The molecule has 0 spiro atoms. The standard InChI is InChI=1S/C32H28ClN3O6S2/c1-3-4-17-42-23-15-13-20(14-16-23)27(37)25-26(19-9-11-21(12-10-19)30(40)41-2)36(29(39)28(25)38)31-34-35-32(44-31)43-18-22-7-5-6-8-24(22)33/h5-16,26,37H,3-4,17-18H2,1-2H3/t26-/m0/s1. The van der Waals surface area contributed by atoms with Gasteiger partial charge in [0.05, 0.1) is 30.9 Å². The first kappa shape index (κ1) is 31.2. The number of anilines is 1. The number of benzene rings is 3. The van der Waals surface area contributed by atoms with Gasteiger partial charge in [-0.05, 0) is 60.0 Å². The van der Waals surface area contributed by atoms with Gasteiger partial charge in [0, 0.05) is 16.3 Å². The third-order valence-electron chi connectivity index (χ3n) is 6.90. The number of rotatable bonds is 11. The second-order valence-corrected chi connectivity index (χ2v) is 12.3. The largest absolute Gasteiger partial charge is 0.507 e. The van der Waals surface area contributed by atoms with Crippen LogP contribution < -0.4 is 9.64 Å². The fourth-order valence-electron chi connectivity index (χ4n) is 4.58. The highest BCUT2D eigenvalue weighted by Gasteiger charge is 2.48. The summed E-state index contributed by atoms with van der Waals surface area (Å²) in [5.74, 6) is -1.44. The number of carbonyl (C=O) groups excluding carboxylic acids is 3. The Morgan fingerprint density at radius 2 is 1.73 bits per heavy atom. The maximum Gasteiger partial charge on any atom is 0.337 e. The van der Waals surface area contributed by atoms with E-state index < -0.39 is 23.7 Å². The van der Waals surface area contributed by atoms with Crippen LogP contribution in [-0.2, 0) is 20.1 Å². The molecule has 1 N–H and O–H groups in total. The molecule has 2 heterocycles. The number of hydrogen-bond donors (Lipinski definition) is 1. The van der Waals surface area contributed by atoms with Crippen LogP contribution in [0.4, 0.5) is 5.13 Å². The van der Waals surface area contributed by atoms with Crippen molar-refractivity contribution in [1.82, 2.24) is 10.2 Å². The van der Waals surface area contributed by atoms with E-state index >= 15 is 0 Å². The number of nitrogens with zero attached hydrogens (tertiary/aromatic N) is 3. The Kier molecular flexibility index (Phi) is 9.99. The molecule has 12 heteroatoms. The molecule has 3 aromatic carbocycles. The van der Waals surface area contributed by atoms with E-state index in [1.165, 1.54) is 35.9 Å². The minimum atomic E-state index is -1.03. The molecule has 4 aromatic rings. The van der Waals surface area contributed by atoms with Gasteiger partial charge in [0.15, 0.2) is 4.34 Å². The Balaban J connectivity index is 1.51. The summed E-state index contributed by atoms with van der Waals surface area (Å²) in [6, 6.07) is 19.4. The van der Waals surface area contributed by atoms with Crippen LogP contribution in [0, 0.1) is 0 Å². The fourth-order valence-corrected chi connectivity index (χ4v) is 6.73. The van der Waals surface area contributed by atoms with Crippen LogP contribution in [0.1, 0.15) is 52.9 Å². The quantitative estimate of drug-likeness (QED) is 0.0346. The molecule has 1 aliphatic heterocycles. The van der Waals surface area contributed by atoms with Crippen LogP contribution in [0.2, 0.25) is 5.02 Å². The number of ether oxygens (including phenoxy) is 2. The lowest BCUT2D eigenvalue weighted by Gasteiger charge is -2.22. The van der Waals surface area contributed by atoms with Crippen LogP contribution in [0.25, 0.3) is 5.76 Å². The number of aromatic nitrogens is 2. The summed E-state index contributed by atoms with van der Waals surface area (Å²) in [6.45, 7) is 2.64. The molecule has 1 amide bonds. The molecule has 9 nitrogen and oxygen atoms in total. The fraction of sp³-hybridized carbons (Fsp3) is 0.219. The highest BCUT2D eigenvalue weighted by Crippen LogP contribution is 2.44. The molecule has 1 fully saturated rings. The molecule has 1 aromatic heterocycles. The van der Waals surface area contributed by atoms with Crippen molar-refractivity contribution in [3.05, 3.63) is 106 Å². The molecule has 0 bridgehead atoms. The minimum absolute atomic E-state index is 0.110. The first-order chi connectivity index (χ1) is 21.3. The van der Waals surface area contributed by atoms with E-state index in [0.29, 0.717) is 44.2 Å². The van der Waals surface area contributed by atoms with Gasteiger partial charge in [-0.25, -0.2) is 4.79 Å². The summed E-state index contributed by atoms with van der Waals surface area (Å²) in [7, 11) is 1.28. The van der Waals surface area contributed by atoms with Crippen molar-refractivity contribution in [3.63, 3.8) is 0 Å². The number of thioether (sulfide) groups is 1. The summed E-state index contributed by atoms with van der Waals surface area (Å²) in [5.41, 5.74) is 1.93. The summed E-state index contributed by atoms with van der Waals surface area (Å²) >= 11 is 8.84. The van der Waals surface area contributed by atoms with E-state index in [1.54, 1.807) is 42.5 Å². The predicted molar refractivity (Wildman–Crippen MR) is 170 cm³/mol. The van der Waals surface area contributed by atoms with Gasteiger partial charge in [-0.2, -0.15) is 0 Å². The number of aliphatic hydroxyl groups is 1. The van der Waals surface area contributed by atoms with Crippen LogP contribution >= 0.6 is 34.7 Å². The monoisotopic (exact) mass is 649 g/mol. The third kappa shape index (κ3) is 6.64. The van der Waals surface area contributed by atoms with E-state index in [-0.39, 0.29) is 16.5 Å². The molecule has 0 saturated carbocycles. The summed E-state index contributed by atoms with van der Waals surface area (Å²) in [5, 5.41) is 20.7. The molecule has 1 atom stereocenters. The van der Waals surface area contributed by atoms with Crippen molar-refractivity contribution >= 4 is 63.3 Å². The first-order valence-corrected chi connectivity index (χ1v) is 15.9. The zero-order valence-corrected chi connectivity index (χ0v) is 26.2. The minimum Gasteiger partial charge on any atom is -0.507 e. The van der Waals surface area contributed by atoms with Crippen molar-refractivity contribution in [2.45, 2.75) is 35.9 Å². The van der Waals surface area contributed by atoms with Gasteiger partial charge in [0.25, 0.3) is 5.78 Å². The lowest BCUT2D eigenvalue weighted by atomic mass is 9.94. The maximum atomic E-state index is 13.5. The average molecular weight is 650 g/mol. The van der Waals surface area contributed by atoms with Crippen molar-refractivity contribution in [2.75, 3.05) is 18.6 Å². The van der Waals surface area contributed by atoms with Gasteiger partial charge in [-0.1, -0.05) is 78.4 Å². The van der Waals surface area contributed by atoms with Crippen molar-refractivity contribution < 1.29 is 29.0 Å². The zero-order valence-electron chi connectivity index (χ0n) is 23.9. The van der Waals surface area contributed by atoms with Gasteiger partial charge in [0.1, 0.15) is 11.5 Å². The molecular weight excluding hydrogens is 622 g/mol. The molecule has 0 radical (unpaired) electrons. The number of unbranched alkanes of at least 4 members (excludes halogenated alkanes) is 1. The van der Waals surface area contributed by atoms with Gasteiger partial charge in [-0.3, -0.25) is 14.5 Å². The normalized spacial score (nSPS) is 15.9. The van der Waals surface area contributed by atoms with Crippen LogP contribution in [0.15, 0.2) is 82.7 Å². The predicted octanol–water partition coefficient (Wildman–Crippen LogP) is 7.08. The Hall–Kier alpha value is -4.19. The molecule has 44 heavy (non-hydrogen) atoms. The smallest absolute Gasteiger partial charge is 0.337 e. The Morgan fingerprint density at radius 3 is 2.41 bits per heavy atom. The van der Waals surface area contributed by atoms with Gasteiger partial charge < -0.3 is 14.6 Å². The van der Waals surface area contributed by atoms with E-state index in [9.17, 15) is 19.5 Å². The molecule has 1 aliphatic rings. The van der Waals surface area contributed by atoms with E-state index in [0.717, 1.165) is 29.7 Å². The number of aliphatic hydroxyl groups excluding tert-OH is 1. The Bertz CT molecular complexity index is 1710. The van der Waals surface area contributed by atoms with Crippen molar-refractivity contribution in [2.24, 2.45) is 0 Å². The third-order valence-corrected chi connectivity index (χ3v) is 9.37. The summed E-state index contributed by atoms with van der Waals surface area (Å²) in [6.07, 6.45) is 1.90. The zero-order chi connectivity index (χ0) is 31.2. The number of hydrogen-bond acceptors (Lipinski definition) is 10. The number of esters is 1. The average Bonchev–Trinajstić information content (AvgIpc) is 3.62. The number of Topliss-reactive ketones (excluding diaryl/α,β-unsaturated/α-hetero) is 1. The number of amides is 1. The first-order valence-electron chi connectivity index (χ1n) is 13.7. The van der Waals surface area contributed by atoms with E-state index in [4.69, 9.17) is 21.1 Å². The van der Waals surface area contributed by atoms with Crippen molar-refractivity contribution in [3.8, 4) is 5.75 Å². The number of halogens is 1. The molecule has 226 valence electrons. The molecule has 1 saturated heterocycles. The molecule has 5 rings (SSSR count). The number of ketones is 1. The molecule has 0 aliphatic carbocycles. The highest BCUT2D eigenvalue weighted by molar-refractivity contribution is 8.00. The van der Waals surface area contributed by atoms with Gasteiger partial charge in [0.2, 0.25) is 5.13 Å². The van der Waals surface area contributed by atoms with Crippen LogP contribution in [-0.4, -0.2) is 46.7 Å². The lowest BCUT2D eigenvalue weighted by Crippen LogP contribution is -2.29. The van der Waals surface area contributed by atoms with Crippen molar-refractivity contribution in [1.29, 1.82) is 0 Å². The molecular formula is C32H28ClN3O6S2. The second kappa shape index (κ2) is 14.1. The highest BCUT2D eigenvalue weighted by atomic mass is 35.5. The van der Waals surface area contributed by atoms with E-state index in [1.807, 2.05) is 18.2 Å². The number of carbonyl (C=O) groups is 3. The summed E-state index contributed by atoms with van der Waals surface area (Å²) < 4.78 is 11.1. The van der Waals surface area contributed by atoms with Gasteiger partial charge in [-0.15, -0.1) is 10.2 Å². The second-order valence-electron chi connectivity index (χ2n) is 9.74. The SMILES string of the molecule is CCCCOc1ccc(C(O)=C2C(=O)C(=O)N(c3nnc(SCc4ccccc4Cl)s3)[C@H]2c2ccc(C(=O)OC)cc2)cc1. The maximum absolute atomic E-state index is 13.5. The lowest BCUT2D eigenvalue weighted by molar-refractivity contribution is -0.132. The van der Waals surface area contributed by atoms with E-state index in [2.05, 4.69) is 17.1 Å². The van der Waals surface area contributed by atoms with Crippen LogP contribution in [0.5, 0.6) is 5.75 Å². The Labute approximate surface area is 267 Å². The van der Waals surface area contributed by atoms with Gasteiger partial charge >= 0.3 is 11.9 Å². The summed E-state index contributed by atoms with van der Waals surface area (Å²) in [4.78, 5) is 40.4. The molecule has 0 unspecified atom stereocenters. The topological polar surface area (TPSA) is 119 Å². The Morgan fingerprint density at radius 1 is 1.02 bits per heavy atom. The van der Waals surface area contributed by atoms with Crippen LogP contribution in [0.3, 0.4) is 0 Å².